The van der Waals surface area contributed by atoms with E-state index in [-0.39, 0.29) is 0 Å². The molecule has 0 atom stereocenters. The SMILES string of the molecule is C=CCNC(=S)N/N=C/c1ccc(OCc2ccc(Cl)cc2Cl)cc1. The maximum absolute atomic E-state index is 6.13. The average Bonchev–Trinajstić information content (AvgIpc) is 2.60. The van der Waals surface area contributed by atoms with Crippen molar-refractivity contribution >= 4 is 46.7 Å². The van der Waals surface area contributed by atoms with Gasteiger partial charge in [-0.3, -0.25) is 5.43 Å². The van der Waals surface area contributed by atoms with E-state index in [2.05, 4.69) is 22.4 Å². The number of hydrazone groups is 1. The molecule has 0 saturated heterocycles. The highest BCUT2D eigenvalue weighted by Crippen LogP contribution is 2.22. The fourth-order valence-electron chi connectivity index (χ4n) is 1.82. The lowest BCUT2D eigenvalue weighted by Crippen LogP contribution is -2.31. The van der Waals surface area contributed by atoms with Crippen molar-refractivity contribution in [2.75, 3.05) is 6.54 Å². The zero-order chi connectivity index (χ0) is 18.1. The van der Waals surface area contributed by atoms with E-state index in [1.807, 2.05) is 30.3 Å². The number of hydrogen-bond donors (Lipinski definition) is 2. The maximum Gasteiger partial charge on any atom is 0.187 e. The molecule has 0 aliphatic carbocycles. The van der Waals surface area contributed by atoms with Crippen LogP contribution in [0.2, 0.25) is 10.0 Å². The molecule has 25 heavy (non-hydrogen) atoms. The largest absolute Gasteiger partial charge is 0.489 e. The number of rotatable bonds is 7. The van der Waals surface area contributed by atoms with Crippen molar-refractivity contribution in [1.82, 2.24) is 10.7 Å². The molecular formula is C18H17Cl2N3OS. The number of hydrogen-bond acceptors (Lipinski definition) is 3. The molecule has 0 radical (unpaired) electrons. The van der Waals surface area contributed by atoms with Gasteiger partial charge in [0, 0.05) is 22.2 Å². The van der Waals surface area contributed by atoms with Crippen molar-refractivity contribution < 1.29 is 4.74 Å². The lowest BCUT2D eigenvalue weighted by molar-refractivity contribution is 0.306. The summed E-state index contributed by atoms with van der Waals surface area (Å²) in [6, 6.07) is 12.8. The minimum atomic E-state index is 0.369. The first kappa shape index (κ1) is 19.2. The molecule has 0 aliphatic heterocycles. The molecule has 0 unspecified atom stereocenters. The van der Waals surface area contributed by atoms with E-state index in [1.54, 1.807) is 24.4 Å². The lowest BCUT2D eigenvalue weighted by atomic mass is 10.2. The molecule has 0 saturated carbocycles. The number of benzene rings is 2. The Kier molecular flexibility index (Phi) is 7.73. The maximum atomic E-state index is 6.13. The normalized spacial score (nSPS) is 10.5. The van der Waals surface area contributed by atoms with Crippen LogP contribution in [0.25, 0.3) is 0 Å². The minimum absolute atomic E-state index is 0.369. The summed E-state index contributed by atoms with van der Waals surface area (Å²) in [5, 5.41) is 8.60. The summed E-state index contributed by atoms with van der Waals surface area (Å²) < 4.78 is 5.73. The summed E-state index contributed by atoms with van der Waals surface area (Å²) in [5.74, 6) is 0.735. The first-order valence-corrected chi connectivity index (χ1v) is 8.59. The number of thiocarbonyl (C=S) groups is 1. The predicted molar refractivity (Wildman–Crippen MR) is 109 cm³/mol. The minimum Gasteiger partial charge on any atom is -0.489 e. The quantitative estimate of drug-likeness (QED) is 0.313. The van der Waals surface area contributed by atoms with Gasteiger partial charge in [0.05, 0.1) is 6.21 Å². The van der Waals surface area contributed by atoms with Gasteiger partial charge in [-0.15, -0.1) is 6.58 Å². The zero-order valence-corrected chi connectivity index (χ0v) is 15.7. The fourth-order valence-corrected chi connectivity index (χ4v) is 2.42. The lowest BCUT2D eigenvalue weighted by Gasteiger charge is -2.08. The van der Waals surface area contributed by atoms with Crippen LogP contribution in [-0.2, 0) is 6.61 Å². The molecule has 0 aliphatic rings. The summed E-state index contributed by atoms with van der Waals surface area (Å²) in [6.45, 7) is 4.56. The van der Waals surface area contributed by atoms with Gasteiger partial charge in [0.2, 0.25) is 0 Å². The van der Waals surface area contributed by atoms with E-state index in [0.29, 0.717) is 28.3 Å². The molecule has 7 heteroatoms. The van der Waals surface area contributed by atoms with Gasteiger partial charge < -0.3 is 10.1 Å². The first-order chi connectivity index (χ1) is 12.1. The smallest absolute Gasteiger partial charge is 0.187 e. The van der Waals surface area contributed by atoms with Gasteiger partial charge in [-0.2, -0.15) is 5.10 Å². The Morgan fingerprint density at radius 3 is 2.64 bits per heavy atom. The molecule has 130 valence electrons. The third-order valence-electron chi connectivity index (χ3n) is 3.08. The molecule has 4 nitrogen and oxygen atoms in total. The number of halogens is 2. The third kappa shape index (κ3) is 6.74. The third-order valence-corrected chi connectivity index (χ3v) is 3.90. The van der Waals surface area contributed by atoms with Gasteiger partial charge >= 0.3 is 0 Å². The Hall–Kier alpha value is -2.08. The average molecular weight is 394 g/mol. The topological polar surface area (TPSA) is 45.7 Å². The molecule has 0 heterocycles. The highest BCUT2D eigenvalue weighted by atomic mass is 35.5. The van der Waals surface area contributed by atoms with Gasteiger partial charge in [0.15, 0.2) is 5.11 Å². The zero-order valence-electron chi connectivity index (χ0n) is 13.3. The molecule has 2 N–H and O–H groups in total. The second-order valence-electron chi connectivity index (χ2n) is 4.96. The van der Waals surface area contributed by atoms with Gasteiger partial charge in [0.25, 0.3) is 0 Å². The number of ether oxygens (including phenoxy) is 1. The number of nitrogens with zero attached hydrogens (tertiary/aromatic N) is 1. The van der Waals surface area contributed by atoms with Crippen LogP contribution >= 0.6 is 35.4 Å². The molecule has 2 rings (SSSR count). The molecular weight excluding hydrogens is 377 g/mol. The van der Waals surface area contributed by atoms with Crippen LogP contribution in [0.4, 0.5) is 0 Å². The summed E-state index contributed by atoms with van der Waals surface area (Å²) in [6.07, 6.45) is 3.38. The Balaban J connectivity index is 1.85. The van der Waals surface area contributed by atoms with E-state index >= 15 is 0 Å². The van der Waals surface area contributed by atoms with Crippen LogP contribution in [-0.4, -0.2) is 17.9 Å². The molecule has 0 fully saturated rings. The van der Waals surface area contributed by atoms with Crippen molar-refractivity contribution in [3.8, 4) is 5.75 Å². The molecule has 0 spiro atoms. The van der Waals surface area contributed by atoms with Crippen molar-refractivity contribution in [2.45, 2.75) is 6.61 Å². The van der Waals surface area contributed by atoms with E-state index in [9.17, 15) is 0 Å². The van der Waals surface area contributed by atoms with Crippen LogP contribution in [0.5, 0.6) is 5.75 Å². The number of nitrogens with one attached hydrogen (secondary N) is 2. The van der Waals surface area contributed by atoms with Crippen LogP contribution in [0.1, 0.15) is 11.1 Å². The second kappa shape index (κ2) is 10.0. The Morgan fingerprint density at radius 1 is 1.20 bits per heavy atom. The van der Waals surface area contributed by atoms with Crippen LogP contribution in [0, 0.1) is 0 Å². The predicted octanol–water partition coefficient (Wildman–Crippen LogP) is 4.56. The highest BCUT2D eigenvalue weighted by Gasteiger charge is 2.02. The highest BCUT2D eigenvalue weighted by molar-refractivity contribution is 7.80. The van der Waals surface area contributed by atoms with Crippen molar-refractivity contribution in [3.05, 3.63) is 76.3 Å². The van der Waals surface area contributed by atoms with Crippen LogP contribution in [0.3, 0.4) is 0 Å². The van der Waals surface area contributed by atoms with Crippen molar-refractivity contribution in [3.63, 3.8) is 0 Å². The van der Waals surface area contributed by atoms with E-state index < -0.39 is 0 Å². The molecule has 2 aromatic rings. The van der Waals surface area contributed by atoms with Crippen LogP contribution < -0.4 is 15.5 Å². The summed E-state index contributed by atoms with van der Waals surface area (Å²) >= 11 is 17.0. The Bertz CT molecular complexity index is 763. The molecule has 2 aromatic carbocycles. The summed E-state index contributed by atoms with van der Waals surface area (Å²) in [5.41, 5.74) is 4.51. The van der Waals surface area contributed by atoms with Gasteiger partial charge in [-0.1, -0.05) is 35.3 Å². The first-order valence-electron chi connectivity index (χ1n) is 7.43. The van der Waals surface area contributed by atoms with E-state index in [1.165, 1.54) is 0 Å². The monoisotopic (exact) mass is 393 g/mol. The molecule has 0 aromatic heterocycles. The summed E-state index contributed by atoms with van der Waals surface area (Å²) in [7, 11) is 0. The molecule has 0 bridgehead atoms. The fraction of sp³-hybridized carbons (Fsp3) is 0.111. The summed E-state index contributed by atoms with van der Waals surface area (Å²) in [4.78, 5) is 0. The van der Waals surface area contributed by atoms with Crippen LogP contribution in [0.15, 0.2) is 60.2 Å². The van der Waals surface area contributed by atoms with Gasteiger partial charge in [-0.05, 0) is 54.2 Å². The van der Waals surface area contributed by atoms with Gasteiger partial charge in [-0.25, -0.2) is 0 Å². The van der Waals surface area contributed by atoms with E-state index in [4.69, 9.17) is 40.2 Å². The standard InChI is InChI=1S/C18H17Cl2N3OS/c1-2-9-21-18(25)23-22-11-13-3-7-16(8-4-13)24-12-14-5-6-15(19)10-17(14)20/h2-8,10-11H,1,9,12H2,(H2,21,23,25)/b22-11+. The molecule has 0 amide bonds. The Labute approximate surface area is 162 Å². The second-order valence-corrected chi connectivity index (χ2v) is 6.21. The Morgan fingerprint density at radius 2 is 1.96 bits per heavy atom. The van der Waals surface area contributed by atoms with Crippen molar-refractivity contribution in [2.24, 2.45) is 5.10 Å². The van der Waals surface area contributed by atoms with Gasteiger partial charge in [0.1, 0.15) is 12.4 Å². The van der Waals surface area contributed by atoms with E-state index in [0.717, 1.165) is 16.9 Å². The van der Waals surface area contributed by atoms with Crippen molar-refractivity contribution in [1.29, 1.82) is 0 Å².